The Balaban J connectivity index is 1.46. The van der Waals surface area contributed by atoms with Gasteiger partial charge in [-0.05, 0) is 54.6 Å². The van der Waals surface area contributed by atoms with Crippen molar-refractivity contribution in [2.45, 2.75) is 0 Å². The fourth-order valence-corrected chi connectivity index (χ4v) is 4.60. The maximum absolute atomic E-state index is 4.66. The van der Waals surface area contributed by atoms with Crippen molar-refractivity contribution in [1.82, 2.24) is 19.4 Å². The van der Waals surface area contributed by atoms with Crippen LogP contribution in [0.1, 0.15) is 0 Å². The topological polar surface area (TPSA) is 37.2 Å². The third kappa shape index (κ3) is 3.31. The number of nitrogens with zero attached hydrogens (tertiary/aromatic N) is 5. The van der Waals surface area contributed by atoms with E-state index in [1.807, 2.05) is 18.6 Å². The number of piperazine rings is 1. The maximum Gasteiger partial charge on any atom is 0.108 e. The Hall–Kier alpha value is -3.70. The molecule has 1 aliphatic rings. The predicted molar refractivity (Wildman–Crippen MR) is 132 cm³/mol. The minimum atomic E-state index is 0.907. The van der Waals surface area contributed by atoms with Crippen molar-refractivity contribution in [1.29, 1.82) is 0 Å². The molecule has 0 N–H and O–H groups in total. The van der Waals surface area contributed by atoms with Gasteiger partial charge in [-0.2, -0.15) is 0 Å². The number of para-hydroxylation sites is 1. The molecule has 1 aliphatic heterocycles. The first-order chi connectivity index (χ1) is 15.8. The van der Waals surface area contributed by atoms with Crippen LogP contribution in [0, 0.1) is 0 Å². The molecule has 0 bridgehead atoms. The summed E-state index contributed by atoms with van der Waals surface area (Å²) in [6.07, 6.45) is 3.76. The molecule has 1 fully saturated rings. The zero-order chi connectivity index (χ0) is 21.5. The summed E-state index contributed by atoms with van der Waals surface area (Å²) >= 11 is 0. The molecule has 0 unspecified atom stereocenters. The van der Waals surface area contributed by atoms with Crippen LogP contribution in [0.4, 0.5) is 5.69 Å². The Morgan fingerprint density at radius 2 is 1.47 bits per heavy atom. The fourth-order valence-electron chi connectivity index (χ4n) is 4.60. The van der Waals surface area contributed by atoms with E-state index < -0.39 is 0 Å². The molecule has 0 amide bonds. The molecule has 5 heteroatoms. The molecule has 0 radical (unpaired) electrons. The van der Waals surface area contributed by atoms with Crippen molar-refractivity contribution in [3.8, 4) is 16.8 Å². The molecule has 3 aromatic carbocycles. The quantitative estimate of drug-likeness (QED) is 0.413. The van der Waals surface area contributed by atoms with Crippen molar-refractivity contribution in [2.24, 2.45) is 0 Å². The van der Waals surface area contributed by atoms with E-state index >= 15 is 0 Å². The van der Waals surface area contributed by atoms with Crippen LogP contribution in [0.5, 0.6) is 0 Å². The van der Waals surface area contributed by atoms with Crippen LogP contribution in [0.2, 0.25) is 0 Å². The van der Waals surface area contributed by atoms with Gasteiger partial charge < -0.3 is 9.80 Å². The molecular weight excluding hydrogens is 394 g/mol. The molecule has 0 spiro atoms. The van der Waals surface area contributed by atoms with E-state index in [9.17, 15) is 0 Å². The van der Waals surface area contributed by atoms with Gasteiger partial charge in [0.2, 0.25) is 0 Å². The molecule has 3 heterocycles. The molecule has 2 aromatic heterocycles. The summed E-state index contributed by atoms with van der Waals surface area (Å²) in [5, 5.41) is 1.12. The molecular formula is C27H25N5. The van der Waals surface area contributed by atoms with Gasteiger partial charge in [-0.15, -0.1) is 0 Å². The Kier molecular flexibility index (Phi) is 4.62. The average molecular weight is 420 g/mol. The number of imidazole rings is 1. The van der Waals surface area contributed by atoms with E-state index in [2.05, 4.69) is 98.1 Å². The fraction of sp³-hybridized carbons (Fsp3) is 0.185. The van der Waals surface area contributed by atoms with Gasteiger partial charge in [-0.3, -0.25) is 9.55 Å². The molecule has 6 rings (SSSR count). The Morgan fingerprint density at radius 3 is 2.31 bits per heavy atom. The van der Waals surface area contributed by atoms with Crippen molar-refractivity contribution >= 4 is 27.6 Å². The highest BCUT2D eigenvalue weighted by atomic mass is 15.2. The summed E-state index contributed by atoms with van der Waals surface area (Å²) in [4.78, 5) is 14.1. The number of aromatic nitrogens is 3. The van der Waals surface area contributed by atoms with Gasteiger partial charge in [0.15, 0.2) is 0 Å². The third-order valence-corrected chi connectivity index (χ3v) is 6.46. The average Bonchev–Trinajstić information content (AvgIpc) is 3.30. The first-order valence-electron chi connectivity index (χ1n) is 11.1. The van der Waals surface area contributed by atoms with Gasteiger partial charge in [0.1, 0.15) is 11.8 Å². The first-order valence-corrected chi connectivity index (χ1v) is 11.1. The monoisotopic (exact) mass is 419 g/mol. The van der Waals surface area contributed by atoms with Crippen molar-refractivity contribution < 1.29 is 0 Å². The Bertz CT molecular complexity index is 1400. The van der Waals surface area contributed by atoms with Gasteiger partial charge in [-0.1, -0.05) is 36.4 Å². The highest BCUT2D eigenvalue weighted by molar-refractivity contribution is 6.04. The molecule has 5 aromatic rings. The van der Waals surface area contributed by atoms with Crippen LogP contribution >= 0.6 is 0 Å². The summed E-state index contributed by atoms with van der Waals surface area (Å²) in [6, 6.07) is 25.8. The number of rotatable bonds is 3. The summed E-state index contributed by atoms with van der Waals surface area (Å²) in [5.41, 5.74) is 7.80. The van der Waals surface area contributed by atoms with Crippen molar-refractivity contribution in [3.63, 3.8) is 0 Å². The second-order valence-electron chi connectivity index (χ2n) is 8.51. The lowest BCUT2D eigenvalue weighted by atomic mass is 10.0. The van der Waals surface area contributed by atoms with Crippen LogP contribution in [-0.2, 0) is 0 Å². The molecule has 0 saturated carbocycles. The van der Waals surface area contributed by atoms with E-state index in [4.69, 9.17) is 0 Å². The standard InChI is InChI=1S/C27H25N5/c1-30-12-14-31(15-13-30)23-9-5-6-20(16-23)21-10-11-25-24(17-21)27-26(18-28-25)29-19-32(27)22-7-3-2-4-8-22/h2-11,16-19H,12-15H2,1H3. The van der Waals surface area contributed by atoms with Gasteiger partial charge in [0.25, 0.3) is 0 Å². The van der Waals surface area contributed by atoms with Crippen molar-refractivity contribution in [3.05, 3.63) is 85.3 Å². The molecule has 5 nitrogen and oxygen atoms in total. The Morgan fingerprint density at radius 1 is 0.688 bits per heavy atom. The van der Waals surface area contributed by atoms with Gasteiger partial charge >= 0.3 is 0 Å². The summed E-state index contributed by atoms with van der Waals surface area (Å²) in [5.74, 6) is 0. The highest BCUT2D eigenvalue weighted by Crippen LogP contribution is 2.31. The second kappa shape index (κ2) is 7.77. The normalized spacial score (nSPS) is 15.0. The number of benzene rings is 3. The van der Waals surface area contributed by atoms with Gasteiger partial charge in [0.05, 0.1) is 17.2 Å². The number of anilines is 1. The largest absolute Gasteiger partial charge is 0.369 e. The summed E-state index contributed by atoms with van der Waals surface area (Å²) in [7, 11) is 2.19. The van der Waals surface area contributed by atoms with Crippen LogP contribution in [0.3, 0.4) is 0 Å². The lowest BCUT2D eigenvalue weighted by Gasteiger charge is -2.34. The molecule has 0 atom stereocenters. The van der Waals surface area contributed by atoms with E-state index in [1.54, 1.807) is 0 Å². The lowest BCUT2D eigenvalue weighted by molar-refractivity contribution is 0.313. The number of hydrogen-bond donors (Lipinski definition) is 0. The molecule has 1 saturated heterocycles. The SMILES string of the molecule is CN1CCN(c2cccc(-c3ccc4ncc5ncn(-c6ccccc6)c5c4c3)c2)CC1. The zero-order valence-electron chi connectivity index (χ0n) is 18.1. The minimum Gasteiger partial charge on any atom is -0.369 e. The van der Waals surface area contributed by atoms with Crippen LogP contribution in [0.15, 0.2) is 85.3 Å². The second-order valence-corrected chi connectivity index (χ2v) is 8.51. The van der Waals surface area contributed by atoms with Crippen molar-refractivity contribution in [2.75, 3.05) is 38.1 Å². The van der Waals surface area contributed by atoms with Crippen LogP contribution in [-0.4, -0.2) is 52.7 Å². The summed E-state index contributed by atoms with van der Waals surface area (Å²) < 4.78 is 2.16. The zero-order valence-corrected chi connectivity index (χ0v) is 18.1. The molecule has 158 valence electrons. The van der Waals surface area contributed by atoms with Gasteiger partial charge in [0, 0.05) is 42.9 Å². The minimum absolute atomic E-state index is 0.907. The Labute approximate surface area is 187 Å². The summed E-state index contributed by atoms with van der Waals surface area (Å²) in [6.45, 7) is 4.34. The highest BCUT2D eigenvalue weighted by Gasteiger charge is 2.15. The molecule has 0 aliphatic carbocycles. The predicted octanol–water partition coefficient (Wildman–Crippen LogP) is 4.99. The number of hydrogen-bond acceptors (Lipinski definition) is 4. The van der Waals surface area contributed by atoms with E-state index in [-0.39, 0.29) is 0 Å². The number of fused-ring (bicyclic) bond motifs is 3. The van der Waals surface area contributed by atoms with E-state index in [1.165, 1.54) is 16.8 Å². The van der Waals surface area contributed by atoms with E-state index in [0.717, 1.165) is 53.8 Å². The third-order valence-electron chi connectivity index (χ3n) is 6.46. The van der Waals surface area contributed by atoms with Crippen LogP contribution in [0.25, 0.3) is 38.8 Å². The number of likely N-dealkylation sites (N-methyl/N-ethyl adjacent to an activating group) is 1. The number of pyridine rings is 1. The molecule has 32 heavy (non-hydrogen) atoms. The maximum atomic E-state index is 4.66. The smallest absolute Gasteiger partial charge is 0.108 e. The first kappa shape index (κ1) is 19.0. The van der Waals surface area contributed by atoms with E-state index in [0.29, 0.717) is 0 Å². The van der Waals surface area contributed by atoms with Gasteiger partial charge in [-0.25, -0.2) is 4.98 Å². The van der Waals surface area contributed by atoms with Crippen LogP contribution < -0.4 is 4.90 Å². The lowest BCUT2D eigenvalue weighted by Crippen LogP contribution is -2.44.